The van der Waals surface area contributed by atoms with Gasteiger partial charge in [0.05, 0.1) is 0 Å². The number of benzene rings is 3. The molecule has 3 rings (SSSR count). The van der Waals surface area contributed by atoms with Gasteiger partial charge in [-0.1, -0.05) is 0 Å². The third-order valence-electron chi connectivity index (χ3n) is 3.75. The van der Waals surface area contributed by atoms with Crippen LogP contribution in [0.4, 0.5) is 0 Å². The van der Waals surface area contributed by atoms with Gasteiger partial charge in [-0.2, -0.15) is 0 Å². The maximum absolute atomic E-state index is 5.91. The second-order valence-corrected chi connectivity index (χ2v) is 19.2. The van der Waals surface area contributed by atoms with E-state index in [-0.39, 0.29) is 6.10 Å². The summed E-state index contributed by atoms with van der Waals surface area (Å²) in [4.78, 5) is 0. The molecule has 0 amide bonds. The molecule has 0 spiro atoms. The van der Waals surface area contributed by atoms with Gasteiger partial charge in [0.25, 0.3) is 0 Å². The van der Waals surface area contributed by atoms with Crippen molar-refractivity contribution >= 4 is 53.2 Å². The van der Waals surface area contributed by atoms with Crippen molar-refractivity contribution in [3.05, 3.63) is 91.0 Å². The summed E-state index contributed by atoms with van der Waals surface area (Å²) < 4.78 is 10.7. The molecule has 0 aromatic heterocycles. The van der Waals surface area contributed by atoms with Gasteiger partial charge < -0.3 is 0 Å². The van der Waals surface area contributed by atoms with E-state index >= 15 is 0 Å². The van der Waals surface area contributed by atoms with Crippen LogP contribution in [0.5, 0.6) is 0 Å². The molecule has 0 N–H and O–H groups in total. The Balaban J connectivity index is 2.23. The van der Waals surface area contributed by atoms with Crippen LogP contribution in [0, 0.1) is 0 Å². The van der Waals surface area contributed by atoms with Crippen molar-refractivity contribution in [1.82, 2.24) is 0 Å². The second-order valence-electron chi connectivity index (χ2n) is 6.00. The van der Waals surface area contributed by atoms with Crippen molar-refractivity contribution in [1.29, 1.82) is 0 Å². The van der Waals surface area contributed by atoms with E-state index in [9.17, 15) is 0 Å². The second kappa shape index (κ2) is 9.06. The first-order valence-electron chi connectivity index (χ1n) is 8.51. The predicted molar refractivity (Wildman–Crippen MR) is 120 cm³/mol. The average molecular weight is 494 g/mol. The van der Waals surface area contributed by atoms with Crippen molar-refractivity contribution in [2.75, 3.05) is 0 Å². The zero-order valence-electron chi connectivity index (χ0n) is 14.9. The van der Waals surface area contributed by atoms with Gasteiger partial charge in [-0.25, -0.2) is 0 Å². The maximum atomic E-state index is 5.91. The monoisotopic (exact) mass is 496 g/mol. The molecule has 4 heteroatoms. The van der Waals surface area contributed by atoms with Crippen LogP contribution in [0.1, 0.15) is 13.8 Å². The molecule has 1 nitrogen and oxygen atoms in total. The van der Waals surface area contributed by atoms with Gasteiger partial charge >= 0.3 is 169 Å². The zero-order chi connectivity index (χ0) is 18.4. The van der Waals surface area contributed by atoms with Gasteiger partial charge in [-0.05, 0) is 0 Å². The third kappa shape index (κ3) is 4.32. The quantitative estimate of drug-likeness (QED) is 0.391. The van der Waals surface area contributed by atoms with E-state index in [1.807, 2.05) is 13.8 Å². The van der Waals surface area contributed by atoms with Crippen molar-refractivity contribution in [3.8, 4) is 0 Å². The van der Waals surface area contributed by atoms with E-state index in [1.54, 1.807) is 8.99 Å². The number of rotatable bonds is 5. The predicted octanol–water partition coefficient (Wildman–Crippen LogP) is 4.10. The summed E-state index contributed by atoms with van der Waals surface area (Å²) in [6.45, 7) is 4.05. The average Bonchev–Trinajstić information content (AvgIpc) is 2.67. The molecule has 0 heterocycles. The van der Waals surface area contributed by atoms with E-state index in [2.05, 4.69) is 91.0 Å². The summed E-state index contributed by atoms with van der Waals surface area (Å²) in [5.74, 6) is 0. The molecule has 3 aromatic carbocycles. The molecule has 26 heavy (non-hydrogen) atoms. The fourth-order valence-corrected chi connectivity index (χ4v) is 19.4. The summed E-state index contributed by atoms with van der Waals surface area (Å²) in [5.41, 5.74) is 0. The van der Waals surface area contributed by atoms with E-state index in [4.69, 9.17) is 17.0 Å². The Kier molecular flexibility index (Phi) is 6.78. The number of hydrogen-bond acceptors (Lipinski definition) is 3. The number of thiocarbonyl (C=S) groups is 1. The molecule has 0 bridgehead atoms. The summed E-state index contributed by atoms with van der Waals surface area (Å²) in [5, 5.41) is 0. The molecule has 0 aliphatic rings. The first kappa shape index (κ1) is 19.5. The summed E-state index contributed by atoms with van der Waals surface area (Å²) in [7, 11) is 1.78. The zero-order valence-corrected chi connectivity index (χ0v) is 18.8. The van der Waals surface area contributed by atoms with Gasteiger partial charge in [0.2, 0.25) is 0 Å². The van der Waals surface area contributed by atoms with E-state index in [0.717, 1.165) is 0 Å². The van der Waals surface area contributed by atoms with Crippen LogP contribution < -0.4 is 10.8 Å². The summed E-state index contributed by atoms with van der Waals surface area (Å²) in [6.07, 6.45) is 0.0813. The SMILES string of the molecule is CC(C)OC(=S)S[Te](c1ccccc1)(c1ccccc1)c1ccccc1. The van der Waals surface area contributed by atoms with E-state index in [0.29, 0.717) is 4.38 Å². The summed E-state index contributed by atoms with van der Waals surface area (Å²) in [6, 6.07) is 32.4. The topological polar surface area (TPSA) is 9.23 Å². The summed E-state index contributed by atoms with van der Waals surface area (Å²) >= 11 is 2.55. The molecule has 0 aliphatic heterocycles. The van der Waals surface area contributed by atoms with Crippen LogP contribution in [-0.2, 0) is 4.74 Å². The van der Waals surface area contributed by atoms with Gasteiger partial charge in [0, 0.05) is 0 Å². The standard InChI is InChI=1S/C22H22OS2Te/c1-18(2)23-22(24)25-26(19-12-6-3-7-13-19,20-14-8-4-9-15-20)21-16-10-5-11-17-21/h3-18H,1-2H3. The van der Waals surface area contributed by atoms with E-state index in [1.165, 1.54) is 10.8 Å². The molecule has 0 unspecified atom stereocenters. The van der Waals surface area contributed by atoms with Crippen molar-refractivity contribution < 1.29 is 4.74 Å². The Labute approximate surface area is 168 Å². The minimum atomic E-state index is -3.12. The Morgan fingerprint density at radius 1 is 0.731 bits per heavy atom. The fraction of sp³-hybridized carbons (Fsp3) is 0.136. The van der Waals surface area contributed by atoms with Crippen LogP contribution in [0.2, 0.25) is 0 Å². The fourth-order valence-electron chi connectivity index (χ4n) is 2.70. The van der Waals surface area contributed by atoms with Gasteiger partial charge in [0.1, 0.15) is 0 Å². The molecule has 3 aromatic rings. The van der Waals surface area contributed by atoms with Gasteiger partial charge in [-0.15, -0.1) is 0 Å². The normalized spacial score (nSPS) is 12.0. The van der Waals surface area contributed by atoms with Gasteiger partial charge in [0.15, 0.2) is 0 Å². The van der Waals surface area contributed by atoms with Crippen LogP contribution in [0.25, 0.3) is 0 Å². The van der Waals surface area contributed by atoms with Crippen LogP contribution in [0.15, 0.2) is 91.0 Å². The molecular weight excluding hydrogens is 472 g/mol. The molecule has 0 saturated heterocycles. The molecular formula is C22H22OS2Te. The Morgan fingerprint density at radius 2 is 1.08 bits per heavy atom. The molecule has 0 atom stereocenters. The van der Waals surface area contributed by atoms with Crippen LogP contribution in [0.3, 0.4) is 0 Å². The Bertz CT molecular complexity index is 739. The molecule has 0 aliphatic carbocycles. The van der Waals surface area contributed by atoms with Crippen molar-refractivity contribution in [2.45, 2.75) is 20.0 Å². The number of ether oxygens (including phenoxy) is 1. The van der Waals surface area contributed by atoms with Crippen LogP contribution >= 0.6 is 21.2 Å². The van der Waals surface area contributed by atoms with Crippen molar-refractivity contribution in [2.24, 2.45) is 0 Å². The molecule has 134 valence electrons. The molecule has 0 fully saturated rings. The Hall–Kier alpha value is -1.31. The van der Waals surface area contributed by atoms with Gasteiger partial charge in [-0.3, -0.25) is 0 Å². The first-order chi connectivity index (χ1) is 12.6. The third-order valence-corrected chi connectivity index (χ3v) is 20.9. The molecule has 0 saturated carbocycles. The van der Waals surface area contributed by atoms with Crippen LogP contribution in [-0.4, -0.2) is 27.3 Å². The number of hydrogen-bond donors (Lipinski definition) is 0. The minimum absolute atomic E-state index is 0.0813. The first-order valence-corrected chi connectivity index (χ1v) is 16.0. The van der Waals surface area contributed by atoms with E-state index < -0.39 is 16.8 Å². The van der Waals surface area contributed by atoms with Crippen molar-refractivity contribution in [3.63, 3.8) is 0 Å². The molecule has 0 radical (unpaired) electrons. The Morgan fingerprint density at radius 3 is 1.38 bits per heavy atom.